The van der Waals surface area contributed by atoms with Crippen molar-refractivity contribution in [2.45, 2.75) is 32.7 Å². The highest BCUT2D eigenvalue weighted by Crippen LogP contribution is 2.24. The van der Waals surface area contributed by atoms with E-state index in [-0.39, 0.29) is 18.2 Å². The van der Waals surface area contributed by atoms with Crippen LogP contribution in [0.25, 0.3) is 0 Å². The Bertz CT molecular complexity index is 527. The van der Waals surface area contributed by atoms with Crippen molar-refractivity contribution in [3.8, 4) is 11.5 Å². The first-order valence-corrected chi connectivity index (χ1v) is 7.10. The quantitative estimate of drug-likeness (QED) is 0.765. The number of carboxylic acids is 1. The summed E-state index contributed by atoms with van der Waals surface area (Å²) < 4.78 is 10.3. The first-order valence-electron chi connectivity index (χ1n) is 7.10. The molecule has 0 radical (unpaired) electrons. The monoisotopic (exact) mass is 309 g/mol. The van der Waals surface area contributed by atoms with Gasteiger partial charge in [0, 0.05) is 5.56 Å². The third kappa shape index (κ3) is 5.27. The molecule has 0 bridgehead atoms. The van der Waals surface area contributed by atoms with Crippen molar-refractivity contribution < 1.29 is 24.2 Å². The van der Waals surface area contributed by atoms with Crippen molar-refractivity contribution in [2.75, 3.05) is 14.2 Å². The summed E-state index contributed by atoms with van der Waals surface area (Å²) in [6.07, 6.45) is 0.415. The molecule has 0 aliphatic heterocycles. The summed E-state index contributed by atoms with van der Waals surface area (Å²) in [6.45, 7) is 3.82. The summed E-state index contributed by atoms with van der Waals surface area (Å²) in [5.41, 5.74) is 0.646. The maximum absolute atomic E-state index is 12.1. The van der Waals surface area contributed by atoms with Crippen molar-refractivity contribution in [2.24, 2.45) is 5.92 Å². The van der Waals surface area contributed by atoms with Gasteiger partial charge in [-0.1, -0.05) is 13.8 Å². The van der Waals surface area contributed by atoms with Crippen LogP contribution >= 0.6 is 0 Å². The second-order valence-corrected chi connectivity index (χ2v) is 5.44. The van der Waals surface area contributed by atoms with Crippen LogP contribution in [0.15, 0.2) is 18.2 Å². The summed E-state index contributed by atoms with van der Waals surface area (Å²) in [5, 5.41) is 11.7. The van der Waals surface area contributed by atoms with E-state index in [9.17, 15) is 9.59 Å². The van der Waals surface area contributed by atoms with E-state index < -0.39 is 12.0 Å². The van der Waals surface area contributed by atoms with Crippen LogP contribution in [0.4, 0.5) is 0 Å². The van der Waals surface area contributed by atoms with E-state index in [4.69, 9.17) is 14.6 Å². The average Bonchev–Trinajstić information content (AvgIpc) is 2.45. The van der Waals surface area contributed by atoms with Gasteiger partial charge in [0.25, 0.3) is 0 Å². The maximum Gasteiger partial charge on any atom is 0.326 e. The molecule has 0 saturated heterocycles. The Morgan fingerprint density at radius 1 is 1.23 bits per heavy atom. The molecule has 0 aromatic heterocycles. The molecule has 0 aliphatic carbocycles. The van der Waals surface area contributed by atoms with E-state index in [0.717, 1.165) is 0 Å². The molecule has 1 amide bonds. The van der Waals surface area contributed by atoms with Gasteiger partial charge in [-0.3, -0.25) is 4.79 Å². The SMILES string of the molecule is COc1ccc(OC)c(CC(=O)NC(CC(C)C)C(=O)O)c1. The molecule has 1 aromatic carbocycles. The number of ether oxygens (including phenoxy) is 2. The van der Waals surface area contributed by atoms with Crippen LogP contribution in [0.1, 0.15) is 25.8 Å². The lowest BCUT2D eigenvalue weighted by molar-refractivity contribution is -0.142. The number of carboxylic acid groups (broad SMARTS) is 1. The highest BCUT2D eigenvalue weighted by atomic mass is 16.5. The molecule has 22 heavy (non-hydrogen) atoms. The van der Waals surface area contributed by atoms with Crippen molar-refractivity contribution in [1.29, 1.82) is 0 Å². The third-order valence-electron chi connectivity index (χ3n) is 3.18. The minimum Gasteiger partial charge on any atom is -0.497 e. The molecule has 2 N–H and O–H groups in total. The van der Waals surface area contributed by atoms with Gasteiger partial charge in [-0.05, 0) is 30.5 Å². The molecule has 0 spiro atoms. The van der Waals surface area contributed by atoms with Crippen molar-refractivity contribution in [3.63, 3.8) is 0 Å². The first-order chi connectivity index (χ1) is 10.4. The van der Waals surface area contributed by atoms with Crippen LogP contribution in [0.3, 0.4) is 0 Å². The number of methoxy groups -OCH3 is 2. The fourth-order valence-corrected chi connectivity index (χ4v) is 2.13. The van der Waals surface area contributed by atoms with Gasteiger partial charge < -0.3 is 19.9 Å². The van der Waals surface area contributed by atoms with E-state index in [1.165, 1.54) is 14.2 Å². The Morgan fingerprint density at radius 2 is 1.91 bits per heavy atom. The Balaban J connectivity index is 2.81. The van der Waals surface area contributed by atoms with Gasteiger partial charge in [-0.25, -0.2) is 4.79 Å². The molecule has 0 aliphatic rings. The molecular weight excluding hydrogens is 286 g/mol. The van der Waals surface area contributed by atoms with Gasteiger partial charge in [0.05, 0.1) is 20.6 Å². The second-order valence-electron chi connectivity index (χ2n) is 5.44. The normalized spacial score (nSPS) is 11.9. The fourth-order valence-electron chi connectivity index (χ4n) is 2.13. The number of rotatable bonds is 8. The summed E-state index contributed by atoms with van der Waals surface area (Å²) >= 11 is 0. The van der Waals surface area contributed by atoms with Crippen molar-refractivity contribution in [1.82, 2.24) is 5.32 Å². The summed E-state index contributed by atoms with van der Waals surface area (Å²) in [4.78, 5) is 23.3. The minimum atomic E-state index is -1.03. The molecule has 1 atom stereocenters. The van der Waals surface area contributed by atoms with Gasteiger partial charge in [-0.15, -0.1) is 0 Å². The first kappa shape index (κ1) is 17.8. The molecule has 0 saturated carbocycles. The molecular formula is C16H23NO5. The highest BCUT2D eigenvalue weighted by molar-refractivity contribution is 5.85. The molecule has 122 valence electrons. The Morgan fingerprint density at radius 3 is 2.41 bits per heavy atom. The predicted octanol–water partition coefficient (Wildman–Crippen LogP) is 1.86. The zero-order chi connectivity index (χ0) is 16.7. The number of nitrogens with one attached hydrogen (secondary N) is 1. The summed E-state index contributed by atoms with van der Waals surface area (Å²) in [7, 11) is 3.05. The third-order valence-corrected chi connectivity index (χ3v) is 3.18. The molecule has 1 rings (SSSR count). The van der Waals surface area contributed by atoms with Crippen LogP contribution in [0.5, 0.6) is 11.5 Å². The summed E-state index contributed by atoms with van der Waals surface area (Å²) in [6, 6.07) is 4.27. The van der Waals surface area contributed by atoms with Crippen LogP contribution in [0, 0.1) is 5.92 Å². The molecule has 6 nitrogen and oxygen atoms in total. The van der Waals surface area contributed by atoms with Gasteiger partial charge >= 0.3 is 5.97 Å². The fraction of sp³-hybridized carbons (Fsp3) is 0.500. The smallest absolute Gasteiger partial charge is 0.326 e. The van der Waals surface area contributed by atoms with Crippen LogP contribution < -0.4 is 14.8 Å². The lowest BCUT2D eigenvalue weighted by atomic mass is 10.0. The topological polar surface area (TPSA) is 84.9 Å². The van der Waals surface area contributed by atoms with Crippen molar-refractivity contribution in [3.05, 3.63) is 23.8 Å². The van der Waals surface area contributed by atoms with Crippen LogP contribution in [0.2, 0.25) is 0 Å². The largest absolute Gasteiger partial charge is 0.497 e. The number of hydrogen-bond donors (Lipinski definition) is 2. The summed E-state index contributed by atoms with van der Waals surface area (Å²) in [5.74, 6) is -0.0423. The Kier molecular flexibility index (Phi) is 6.69. The van der Waals surface area contributed by atoms with E-state index in [1.54, 1.807) is 18.2 Å². The number of aliphatic carboxylic acids is 1. The van der Waals surface area contributed by atoms with Crippen LogP contribution in [-0.2, 0) is 16.0 Å². The zero-order valence-corrected chi connectivity index (χ0v) is 13.4. The van der Waals surface area contributed by atoms with E-state index >= 15 is 0 Å². The number of amides is 1. The van der Waals surface area contributed by atoms with Gasteiger partial charge in [0.2, 0.25) is 5.91 Å². The Hall–Kier alpha value is -2.24. The molecule has 1 unspecified atom stereocenters. The lowest BCUT2D eigenvalue weighted by Gasteiger charge is -2.17. The number of carbonyl (C=O) groups excluding carboxylic acids is 1. The highest BCUT2D eigenvalue weighted by Gasteiger charge is 2.21. The van der Waals surface area contributed by atoms with Gasteiger partial charge in [0.1, 0.15) is 17.5 Å². The zero-order valence-electron chi connectivity index (χ0n) is 13.4. The average molecular weight is 309 g/mol. The van der Waals surface area contributed by atoms with E-state index in [0.29, 0.717) is 23.5 Å². The predicted molar refractivity (Wildman–Crippen MR) is 82.3 cm³/mol. The van der Waals surface area contributed by atoms with E-state index in [1.807, 2.05) is 13.8 Å². The minimum absolute atomic E-state index is 0.0300. The second kappa shape index (κ2) is 8.26. The maximum atomic E-state index is 12.1. The molecule has 0 heterocycles. The number of hydrogen-bond acceptors (Lipinski definition) is 4. The number of benzene rings is 1. The van der Waals surface area contributed by atoms with Crippen LogP contribution in [-0.4, -0.2) is 37.2 Å². The van der Waals surface area contributed by atoms with Crippen molar-refractivity contribution >= 4 is 11.9 Å². The molecule has 6 heteroatoms. The van der Waals surface area contributed by atoms with Gasteiger partial charge in [0.15, 0.2) is 0 Å². The van der Waals surface area contributed by atoms with E-state index in [2.05, 4.69) is 5.32 Å². The Labute approximate surface area is 130 Å². The molecule has 0 fully saturated rings. The molecule has 1 aromatic rings. The standard InChI is InChI=1S/C16H23NO5/c1-10(2)7-13(16(19)20)17-15(18)9-11-8-12(21-3)5-6-14(11)22-4/h5-6,8,10,13H,7,9H2,1-4H3,(H,17,18)(H,19,20). The van der Waals surface area contributed by atoms with Gasteiger partial charge in [-0.2, -0.15) is 0 Å². The number of carbonyl (C=O) groups is 2. The lowest BCUT2D eigenvalue weighted by Crippen LogP contribution is -2.42.